The van der Waals surface area contributed by atoms with Crippen LogP contribution in [0.15, 0.2) is 0 Å². The Morgan fingerprint density at radius 2 is 1.89 bits per heavy atom. The molecular formula is C3H5NaO4S. The first kappa shape index (κ1) is 9.87. The molecule has 0 spiro atoms. The molecule has 0 aromatic carbocycles. The van der Waals surface area contributed by atoms with Gasteiger partial charge in [-0.05, 0) is 6.92 Å². The van der Waals surface area contributed by atoms with Gasteiger partial charge in [0.1, 0.15) is 10.1 Å². The second-order valence-electron chi connectivity index (χ2n) is 1.70. The minimum atomic E-state index is -4.15. The molecule has 9 heavy (non-hydrogen) atoms. The van der Waals surface area contributed by atoms with E-state index in [0.29, 0.717) is 0 Å². The van der Waals surface area contributed by atoms with Gasteiger partial charge in [0.05, 0.1) is 6.10 Å². The first-order chi connectivity index (χ1) is 3.52. The zero-order chi connectivity index (χ0) is 6.36. The fourth-order valence-electron chi connectivity index (χ4n) is 0.469. The molecule has 0 N–H and O–H groups in total. The summed E-state index contributed by atoms with van der Waals surface area (Å²) in [5.41, 5.74) is -1.07. The van der Waals surface area contributed by atoms with E-state index in [9.17, 15) is 13.0 Å². The van der Waals surface area contributed by atoms with Gasteiger partial charge in [-0.15, -0.1) is 0 Å². The predicted molar refractivity (Wildman–Crippen MR) is 24.0 cm³/mol. The minimum absolute atomic E-state index is 0. The smallest absolute Gasteiger partial charge is 0.746 e. The fraction of sp³-hybridized carbons (Fsp3) is 1.00. The zero-order valence-corrected chi connectivity index (χ0v) is 8.01. The van der Waals surface area contributed by atoms with Crippen molar-refractivity contribution in [2.24, 2.45) is 0 Å². The minimum Gasteiger partial charge on any atom is -0.746 e. The Morgan fingerprint density at radius 3 is 1.89 bits per heavy atom. The van der Waals surface area contributed by atoms with Crippen LogP contribution in [0.3, 0.4) is 0 Å². The van der Waals surface area contributed by atoms with E-state index in [-0.39, 0.29) is 29.6 Å². The SMILES string of the molecule is CC1OC1S(=O)(=O)[O-].[Na+]. The molecule has 6 heteroatoms. The molecule has 1 heterocycles. The van der Waals surface area contributed by atoms with Crippen molar-refractivity contribution < 1.29 is 47.3 Å². The van der Waals surface area contributed by atoms with E-state index in [1.54, 1.807) is 6.92 Å². The summed E-state index contributed by atoms with van der Waals surface area (Å²) in [6.07, 6.45) is -0.391. The van der Waals surface area contributed by atoms with Crippen LogP contribution < -0.4 is 29.6 Å². The normalized spacial score (nSPS) is 33.1. The Morgan fingerprint density at radius 1 is 1.56 bits per heavy atom. The van der Waals surface area contributed by atoms with Gasteiger partial charge in [0.25, 0.3) is 0 Å². The van der Waals surface area contributed by atoms with Crippen LogP contribution in [-0.4, -0.2) is 24.5 Å². The van der Waals surface area contributed by atoms with E-state index in [0.717, 1.165) is 0 Å². The third kappa shape index (κ3) is 2.53. The molecule has 0 aromatic rings. The number of hydrogen-bond donors (Lipinski definition) is 0. The van der Waals surface area contributed by atoms with Crippen molar-refractivity contribution >= 4 is 10.1 Å². The van der Waals surface area contributed by atoms with E-state index < -0.39 is 21.7 Å². The number of rotatable bonds is 1. The molecule has 0 saturated carbocycles. The van der Waals surface area contributed by atoms with Crippen molar-refractivity contribution in [3.05, 3.63) is 0 Å². The molecule has 48 valence electrons. The van der Waals surface area contributed by atoms with E-state index in [4.69, 9.17) is 0 Å². The van der Waals surface area contributed by atoms with E-state index >= 15 is 0 Å². The Labute approximate surface area is 75.6 Å². The molecule has 1 saturated heterocycles. The summed E-state index contributed by atoms with van der Waals surface area (Å²) in [7, 11) is -4.15. The first-order valence-electron chi connectivity index (χ1n) is 2.12. The second kappa shape index (κ2) is 2.86. The topological polar surface area (TPSA) is 69.7 Å². The molecule has 0 amide bonds. The van der Waals surface area contributed by atoms with Gasteiger partial charge in [-0.3, -0.25) is 0 Å². The Balaban J connectivity index is 0.000000640. The first-order valence-corrected chi connectivity index (χ1v) is 3.59. The average molecular weight is 160 g/mol. The number of ether oxygens (including phenoxy) is 1. The molecule has 1 aliphatic heterocycles. The van der Waals surface area contributed by atoms with Gasteiger partial charge in [0, 0.05) is 0 Å². The molecule has 0 bridgehead atoms. The van der Waals surface area contributed by atoms with Gasteiger partial charge >= 0.3 is 29.6 Å². The van der Waals surface area contributed by atoms with E-state index in [1.807, 2.05) is 0 Å². The number of epoxide rings is 1. The Kier molecular flexibility index (Phi) is 3.13. The van der Waals surface area contributed by atoms with Crippen LogP contribution in [0.5, 0.6) is 0 Å². The van der Waals surface area contributed by atoms with Crippen molar-refractivity contribution in [3.8, 4) is 0 Å². The van der Waals surface area contributed by atoms with Crippen LogP contribution >= 0.6 is 0 Å². The van der Waals surface area contributed by atoms with Gasteiger partial charge in [-0.1, -0.05) is 0 Å². The van der Waals surface area contributed by atoms with E-state index in [2.05, 4.69) is 4.74 Å². The summed E-state index contributed by atoms with van der Waals surface area (Å²) in [4.78, 5) is 0. The number of hydrogen-bond acceptors (Lipinski definition) is 4. The summed E-state index contributed by atoms with van der Waals surface area (Å²) in [5, 5.41) is 0. The van der Waals surface area contributed by atoms with E-state index in [1.165, 1.54) is 0 Å². The van der Waals surface area contributed by atoms with Crippen molar-refractivity contribution in [2.45, 2.75) is 18.5 Å². The molecular weight excluding hydrogens is 155 g/mol. The molecule has 0 aromatic heterocycles. The predicted octanol–water partition coefficient (Wildman–Crippen LogP) is -3.72. The van der Waals surface area contributed by atoms with Gasteiger partial charge < -0.3 is 9.29 Å². The third-order valence-electron chi connectivity index (χ3n) is 0.940. The molecule has 1 fully saturated rings. The van der Waals surface area contributed by atoms with Crippen molar-refractivity contribution in [1.29, 1.82) is 0 Å². The van der Waals surface area contributed by atoms with Crippen molar-refractivity contribution in [1.82, 2.24) is 0 Å². The molecule has 0 aliphatic carbocycles. The van der Waals surface area contributed by atoms with Gasteiger partial charge in [-0.25, -0.2) is 8.42 Å². The second-order valence-corrected chi connectivity index (χ2v) is 3.15. The quantitative estimate of drug-likeness (QED) is 0.225. The fourth-order valence-corrected chi connectivity index (χ4v) is 1.25. The largest absolute Gasteiger partial charge is 1.00 e. The summed E-state index contributed by atoms with van der Waals surface area (Å²) in [5.74, 6) is 0. The van der Waals surface area contributed by atoms with Crippen LogP contribution in [0.1, 0.15) is 6.92 Å². The Bertz CT molecular complexity index is 186. The summed E-state index contributed by atoms with van der Waals surface area (Å²) < 4.78 is 34.2. The van der Waals surface area contributed by atoms with Crippen LogP contribution in [0.2, 0.25) is 0 Å². The van der Waals surface area contributed by atoms with Crippen LogP contribution in [0.4, 0.5) is 0 Å². The molecule has 2 unspecified atom stereocenters. The maximum Gasteiger partial charge on any atom is 1.00 e. The molecule has 1 rings (SSSR count). The van der Waals surface area contributed by atoms with Crippen LogP contribution in [-0.2, 0) is 14.9 Å². The molecule has 0 radical (unpaired) electrons. The summed E-state index contributed by atoms with van der Waals surface area (Å²) >= 11 is 0. The average Bonchev–Trinajstić information content (AvgIpc) is 2.13. The summed E-state index contributed by atoms with van der Waals surface area (Å²) in [6.45, 7) is 1.54. The third-order valence-corrected chi connectivity index (χ3v) is 2.00. The van der Waals surface area contributed by atoms with Gasteiger partial charge in [0.2, 0.25) is 0 Å². The van der Waals surface area contributed by atoms with Crippen molar-refractivity contribution in [2.75, 3.05) is 0 Å². The van der Waals surface area contributed by atoms with Gasteiger partial charge in [0.15, 0.2) is 5.44 Å². The maximum absolute atomic E-state index is 9.92. The van der Waals surface area contributed by atoms with Crippen LogP contribution in [0, 0.1) is 0 Å². The standard InChI is InChI=1S/C3H6O4S.Na/c1-2-3(7-2)8(4,5)6;/h2-3H,1H3,(H,4,5,6);/q;+1/p-1. The Hall–Kier alpha value is 0.870. The van der Waals surface area contributed by atoms with Crippen LogP contribution in [0.25, 0.3) is 0 Å². The van der Waals surface area contributed by atoms with Gasteiger partial charge in [-0.2, -0.15) is 0 Å². The zero-order valence-electron chi connectivity index (χ0n) is 5.20. The maximum atomic E-state index is 9.92. The monoisotopic (exact) mass is 160 g/mol. The molecule has 2 atom stereocenters. The summed E-state index contributed by atoms with van der Waals surface area (Å²) in [6, 6.07) is 0. The molecule has 1 aliphatic rings. The molecule has 4 nitrogen and oxygen atoms in total. The van der Waals surface area contributed by atoms with Crippen molar-refractivity contribution in [3.63, 3.8) is 0 Å².